The molecule has 25 heavy (non-hydrogen) atoms. The lowest BCUT2D eigenvalue weighted by Gasteiger charge is -2.32. The number of carbonyl (C=O) groups is 1. The van der Waals surface area contributed by atoms with Crippen LogP contribution < -0.4 is 4.99 Å². The first kappa shape index (κ1) is 20.7. The van der Waals surface area contributed by atoms with Gasteiger partial charge in [0.2, 0.25) is 11.1 Å². The van der Waals surface area contributed by atoms with E-state index in [-0.39, 0.29) is 11.8 Å². The second-order valence-corrected chi connectivity index (χ2v) is 6.34. The number of likely N-dealkylation sites (tertiary alicyclic amines) is 1. The van der Waals surface area contributed by atoms with Crippen molar-refractivity contribution in [3.05, 3.63) is 52.7 Å². The van der Waals surface area contributed by atoms with Gasteiger partial charge in [0.25, 0.3) is 0 Å². The van der Waals surface area contributed by atoms with E-state index in [0.29, 0.717) is 5.82 Å². The van der Waals surface area contributed by atoms with Crippen LogP contribution in [0.4, 0.5) is 0 Å². The maximum Gasteiger partial charge on any atom is 0.367 e. The maximum absolute atomic E-state index is 12.3. The van der Waals surface area contributed by atoms with Gasteiger partial charge in [0.15, 0.2) is 0 Å². The summed E-state index contributed by atoms with van der Waals surface area (Å²) in [6, 6.07) is 10.1. The normalized spacial score (nSPS) is 17.0. The van der Waals surface area contributed by atoms with E-state index in [2.05, 4.69) is 17.1 Å². The van der Waals surface area contributed by atoms with Gasteiger partial charge in [0, 0.05) is 19.2 Å². The molecule has 0 aromatic heterocycles. The number of amides is 1. The fraction of sp³-hybridized carbons (Fsp3) is 0.500. The molecule has 1 N–H and O–H groups in total. The molecule has 1 saturated heterocycles. The molecule has 5 nitrogen and oxygen atoms in total. The van der Waals surface area contributed by atoms with Gasteiger partial charge in [0.1, 0.15) is 0 Å². The van der Waals surface area contributed by atoms with Crippen molar-refractivity contribution in [2.45, 2.75) is 46.5 Å². The molecule has 5 heteroatoms. The molecule has 1 aliphatic heterocycles. The molecule has 1 heterocycles. The number of nitrogens with one attached hydrogen (secondary N) is 1. The molecule has 0 saturated carbocycles. The molecular weight excluding hydrogens is 314 g/mol. The third kappa shape index (κ3) is 6.99. The van der Waals surface area contributed by atoms with Crippen LogP contribution in [0.2, 0.25) is 0 Å². The minimum atomic E-state index is -0.00962. The number of allylic oxidation sites excluding steroid dienone is 1. The Morgan fingerprint density at radius 1 is 1.24 bits per heavy atom. The first-order chi connectivity index (χ1) is 12.0. The second-order valence-electron chi connectivity index (χ2n) is 6.34. The number of nitroso groups, excluding NO2 is 1. The van der Waals surface area contributed by atoms with Crippen LogP contribution in [0.3, 0.4) is 0 Å². The van der Waals surface area contributed by atoms with Gasteiger partial charge in [-0.15, -0.1) is 0 Å². The average Bonchev–Trinajstić information content (AvgIpc) is 2.66. The van der Waals surface area contributed by atoms with Crippen LogP contribution in [0.1, 0.15) is 52.0 Å². The Hall–Kier alpha value is -2.30. The molecule has 1 fully saturated rings. The van der Waals surface area contributed by atoms with Gasteiger partial charge in [-0.1, -0.05) is 37.3 Å². The first-order valence-electron chi connectivity index (χ1n) is 8.91. The molecule has 0 bridgehead atoms. The van der Waals surface area contributed by atoms with Crippen LogP contribution in [0.25, 0.3) is 0 Å². The number of hydrogen-bond acceptors (Lipinski definition) is 3. The van der Waals surface area contributed by atoms with Crippen molar-refractivity contribution in [2.75, 3.05) is 13.1 Å². The van der Waals surface area contributed by atoms with Crippen LogP contribution in [0.15, 0.2) is 47.4 Å². The van der Waals surface area contributed by atoms with E-state index in [9.17, 15) is 9.70 Å². The molecule has 0 spiro atoms. The molecule has 1 aliphatic rings. The zero-order chi connectivity index (χ0) is 18.7. The van der Waals surface area contributed by atoms with E-state index >= 15 is 0 Å². The lowest BCUT2D eigenvalue weighted by Crippen LogP contribution is -2.65. The Balaban J connectivity index is 0.000000333. The summed E-state index contributed by atoms with van der Waals surface area (Å²) < 4.78 is 0. The third-order valence-corrected chi connectivity index (χ3v) is 4.43. The van der Waals surface area contributed by atoms with Crippen LogP contribution in [0.5, 0.6) is 0 Å². The summed E-state index contributed by atoms with van der Waals surface area (Å²) in [6.07, 6.45) is 5.55. The minimum absolute atomic E-state index is 0.00962. The quantitative estimate of drug-likeness (QED) is 0.674. The van der Waals surface area contributed by atoms with Gasteiger partial charge in [-0.25, -0.2) is 4.99 Å². The van der Waals surface area contributed by atoms with E-state index in [4.69, 9.17) is 0 Å². The second kappa shape index (κ2) is 11.3. The number of carbonyl (C=O) groups excluding carboxylic acids is 1. The van der Waals surface area contributed by atoms with E-state index < -0.39 is 0 Å². The predicted octanol–water partition coefficient (Wildman–Crippen LogP) is 2.83. The lowest BCUT2D eigenvalue weighted by molar-refractivity contribution is -0.393. The standard InChI is InChI=1S/C15H21NO.C5H8N2O/c1-12-8-10-16(11-9-12)15(17)13(2)14-6-4-3-5-7-14;1-3-5(7-8)6-4-2/h3-7,12-13H,8-11H2,1-2H3;3-4H,1-2H3/p+1/b;5-3+,6-4-. The summed E-state index contributed by atoms with van der Waals surface area (Å²) >= 11 is 0. The molecule has 1 amide bonds. The predicted molar refractivity (Wildman–Crippen MR) is 102 cm³/mol. The van der Waals surface area contributed by atoms with Crippen molar-refractivity contribution in [1.29, 1.82) is 0 Å². The summed E-state index contributed by atoms with van der Waals surface area (Å²) in [5, 5.41) is 2.66. The Kier molecular flexibility index (Phi) is 9.37. The Labute approximate surface area is 150 Å². The van der Waals surface area contributed by atoms with Crippen LogP contribution in [-0.4, -0.2) is 30.1 Å². The summed E-state index contributed by atoms with van der Waals surface area (Å²) in [7, 11) is 0. The van der Waals surface area contributed by atoms with E-state index in [0.717, 1.165) is 37.4 Å². The molecule has 1 atom stereocenters. The largest absolute Gasteiger partial charge is 0.367 e. The van der Waals surface area contributed by atoms with Gasteiger partial charge in [0.05, 0.1) is 12.1 Å². The smallest absolute Gasteiger partial charge is 0.342 e. The summed E-state index contributed by atoms with van der Waals surface area (Å²) in [5.74, 6) is 1.39. The van der Waals surface area contributed by atoms with Gasteiger partial charge in [-0.05, 0) is 50.0 Å². The number of rotatable bonds is 4. The first-order valence-corrected chi connectivity index (χ1v) is 8.91. The van der Waals surface area contributed by atoms with Crippen molar-refractivity contribution >= 4 is 12.1 Å². The maximum atomic E-state index is 12.3. The Bertz CT molecular complexity index is 588. The number of nitrogens with zero attached hydrogens (tertiary/aromatic N) is 2. The summed E-state index contributed by atoms with van der Waals surface area (Å²) in [5.41, 5.74) is 1.12. The van der Waals surface area contributed by atoms with Crippen molar-refractivity contribution in [2.24, 2.45) is 11.1 Å². The van der Waals surface area contributed by atoms with E-state index in [1.54, 1.807) is 26.1 Å². The summed E-state index contributed by atoms with van der Waals surface area (Å²) in [4.78, 5) is 26.7. The molecule has 0 aliphatic carbocycles. The highest BCUT2D eigenvalue weighted by Crippen LogP contribution is 2.22. The van der Waals surface area contributed by atoms with Crippen molar-refractivity contribution in [1.82, 2.24) is 4.90 Å². The average molecular weight is 344 g/mol. The molecule has 2 rings (SSSR count). The van der Waals surface area contributed by atoms with E-state index in [1.165, 1.54) is 0 Å². The fourth-order valence-electron chi connectivity index (χ4n) is 2.70. The van der Waals surface area contributed by atoms with Gasteiger partial charge >= 0.3 is 5.82 Å². The van der Waals surface area contributed by atoms with Crippen molar-refractivity contribution < 1.29 is 9.79 Å². The Morgan fingerprint density at radius 2 is 1.84 bits per heavy atom. The topological polar surface area (TPSA) is 63.7 Å². The SMILES string of the molecule is C/C=[NH+]\C(=C/C)N=O.CC1CCN(C(=O)C(C)c2ccccc2)CC1. The van der Waals surface area contributed by atoms with Gasteiger partial charge in [-0.2, -0.15) is 0 Å². The highest BCUT2D eigenvalue weighted by molar-refractivity contribution is 5.83. The van der Waals surface area contributed by atoms with Crippen molar-refractivity contribution in [3.63, 3.8) is 0 Å². The fourth-order valence-corrected chi connectivity index (χ4v) is 2.70. The lowest BCUT2D eigenvalue weighted by atomic mass is 9.95. The van der Waals surface area contributed by atoms with Crippen LogP contribution >= 0.6 is 0 Å². The monoisotopic (exact) mass is 344 g/mol. The van der Waals surface area contributed by atoms with E-state index in [1.807, 2.05) is 42.2 Å². The van der Waals surface area contributed by atoms with Crippen LogP contribution in [0, 0.1) is 10.8 Å². The molecule has 1 aromatic rings. The number of piperidine rings is 1. The minimum Gasteiger partial charge on any atom is -0.342 e. The highest BCUT2D eigenvalue weighted by atomic mass is 16.3. The third-order valence-electron chi connectivity index (χ3n) is 4.43. The van der Waals surface area contributed by atoms with Crippen molar-refractivity contribution in [3.8, 4) is 0 Å². The molecular formula is C20H30N3O2+. The number of hydrogen-bond donors (Lipinski definition) is 1. The Morgan fingerprint density at radius 3 is 2.28 bits per heavy atom. The molecule has 136 valence electrons. The highest BCUT2D eigenvalue weighted by Gasteiger charge is 2.24. The molecule has 1 unspecified atom stereocenters. The number of benzene rings is 1. The zero-order valence-corrected chi connectivity index (χ0v) is 15.7. The summed E-state index contributed by atoms with van der Waals surface area (Å²) in [6.45, 7) is 9.66. The van der Waals surface area contributed by atoms with Gasteiger partial charge in [-0.3, -0.25) is 4.79 Å². The van der Waals surface area contributed by atoms with Gasteiger partial charge < -0.3 is 4.90 Å². The van der Waals surface area contributed by atoms with Crippen LogP contribution in [-0.2, 0) is 4.79 Å². The molecule has 1 aromatic carbocycles. The zero-order valence-electron chi connectivity index (χ0n) is 15.7. The molecule has 0 radical (unpaired) electrons.